The average molecular weight is 330 g/mol. The number of nitrogens with zero attached hydrogens (tertiary/aromatic N) is 4. The van der Waals surface area contributed by atoms with E-state index >= 15 is 0 Å². The van der Waals surface area contributed by atoms with Crippen LogP contribution in [0, 0.1) is 0 Å². The van der Waals surface area contributed by atoms with Gasteiger partial charge in [-0.15, -0.1) is 0 Å². The SMILES string of the molecule is C[C@@H](c1nc(C2CC2)no1)N1CCC[C@H](c2cc(C(N)=O)n[nH]2)C1. The number of hydrogen-bond donors (Lipinski definition) is 2. The number of rotatable bonds is 5. The summed E-state index contributed by atoms with van der Waals surface area (Å²) in [5.74, 6) is 1.84. The van der Waals surface area contributed by atoms with Gasteiger partial charge in [-0.1, -0.05) is 5.16 Å². The minimum atomic E-state index is -0.503. The lowest BCUT2D eigenvalue weighted by Crippen LogP contribution is -2.36. The van der Waals surface area contributed by atoms with Crippen LogP contribution in [0.2, 0.25) is 0 Å². The summed E-state index contributed by atoms with van der Waals surface area (Å²) in [6.45, 7) is 3.96. The van der Waals surface area contributed by atoms with E-state index in [9.17, 15) is 4.79 Å². The summed E-state index contributed by atoms with van der Waals surface area (Å²) in [6.07, 6.45) is 4.46. The van der Waals surface area contributed by atoms with Gasteiger partial charge in [0.1, 0.15) is 5.69 Å². The first-order chi connectivity index (χ1) is 11.6. The molecule has 0 spiro atoms. The van der Waals surface area contributed by atoms with Gasteiger partial charge in [0.2, 0.25) is 5.89 Å². The van der Waals surface area contributed by atoms with E-state index in [1.807, 2.05) is 0 Å². The molecule has 3 heterocycles. The summed E-state index contributed by atoms with van der Waals surface area (Å²) in [7, 11) is 0. The van der Waals surface area contributed by atoms with Crippen LogP contribution in [0.5, 0.6) is 0 Å². The molecule has 2 aliphatic rings. The van der Waals surface area contributed by atoms with Crippen LogP contribution < -0.4 is 5.73 Å². The van der Waals surface area contributed by atoms with Crippen molar-refractivity contribution in [2.75, 3.05) is 13.1 Å². The van der Waals surface area contributed by atoms with Gasteiger partial charge in [-0.3, -0.25) is 14.8 Å². The number of nitrogens with one attached hydrogen (secondary N) is 1. The topological polar surface area (TPSA) is 114 Å². The number of aromatic nitrogens is 4. The highest BCUT2D eigenvalue weighted by Crippen LogP contribution is 2.39. The van der Waals surface area contributed by atoms with E-state index in [4.69, 9.17) is 10.3 Å². The van der Waals surface area contributed by atoms with Crippen LogP contribution in [-0.2, 0) is 0 Å². The second-order valence-electron chi connectivity index (χ2n) is 6.85. The Morgan fingerprint density at radius 1 is 1.42 bits per heavy atom. The van der Waals surface area contributed by atoms with Gasteiger partial charge in [0.15, 0.2) is 5.82 Å². The van der Waals surface area contributed by atoms with Crippen LogP contribution in [0.1, 0.15) is 78.4 Å². The van der Waals surface area contributed by atoms with E-state index in [-0.39, 0.29) is 6.04 Å². The van der Waals surface area contributed by atoms with Crippen molar-refractivity contribution in [2.24, 2.45) is 5.73 Å². The van der Waals surface area contributed by atoms with Crippen molar-refractivity contribution in [3.63, 3.8) is 0 Å². The first kappa shape index (κ1) is 15.3. The number of nitrogens with two attached hydrogens (primary N) is 1. The molecule has 0 unspecified atom stereocenters. The van der Waals surface area contributed by atoms with Crippen LogP contribution in [0.25, 0.3) is 0 Å². The third kappa shape index (κ3) is 2.93. The van der Waals surface area contributed by atoms with E-state index in [0.717, 1.165) is 37.4 Å². The fraction of sp³-hybridized carbons (Fsp3) is 0.625. The predicted molar refractivity (Wildman–Crippen MR) is 85.3 cm³/mol. The Kier molecular flexibility index (Phi) is 3.84. The quantitative estimate of drug-likeness (QED) is 0.862. The number of piperidine rings is 1. The number of carbonyl (C=O) groups is 1. The zero-order valence-corrected chi connectivity index (χ0v) is 13.7. The molecule has 2 aromatic rings. The molecule has 128 valence electrons. The molecule has 8 nitrogen and oxygen atoms in total. The molecule has 0 radical (unpaired) electrons. The third-order valence-corrected chi connectivity index (χ3v) is 5.05. The smallest absolute Gasteiger partial charge is 0.269 e. The fourth-order valence-corrected chi connectivity index (χ4v) is 3.36. The Morgan fingerprint density at radius 3 is 2.96 bits per heavy atom. The van der Waals surface area contributed by atoms with E-state index in [0.29, 0.717) is 23.4 Å². The number of primary amides is 1. The van der Waals surface area contributed by atoms with Crippen molar-refractivity contribution < 1.29 is 9.32 Å². The van der Waals surface area contributed by atoms with E-state index < -0.39 is 5.91 Å². The molecule has 0 bridgehead atoms. The van der Waals surface area contributed by atoms with E-state index in [1.54, 1.807) is 6.07 Å². The molecule has 1 aliphatic heterocycles. The maximum absolute atomic E-state index is 11.2. The number of carbonyl (C=O) groups excluding carboxylic acids is 1. The molecule has 4 rings (SSSR count). The summed E-state index contributed by atoms with van der Waals surface area (Å²) >= 11 is 0. The van der Waals surface area contributed by atoms with Crippen LogP contribution in [0.4, 0.5) is 0 Å². The van der Waals surface area contributed by atoms with Crippen molar-refractivity contribution >= 4 is 5.91 Å². The lowest BCUT2D eigenvalue weighted by Gasteiger charge is -2.34. The molecule has 24 heavy (non-hydrogen) atoms. The number of likely N-dealkylation sites (tertiary alicyclic amines) is 1. The van der Waals surface area contributed by atoms with Crippen molar-refractivity contribution in [2.45, 2.75) is 50.5 Å². The molecule has 1 aliphatic carbocycles. The average Bonchev–Trinajstić information content (AvgIpc) is 3.13. The number of amides is 1. The number of aromatic amines is 1. The Hall–Kier alpha value is -2.22. The van der Waals surface area contributed by atoms with Gasteiger partial charge >= 0.3 is 0 Å². The zero-order chi connectivity index (χ0) is 16.7. The second-order valence-corrected chi connectivity index (χ2v) is 6.85. The molecular weight excluding hydrogens is 308 g/mol. The minimum absolute atomic E-state index is 0.0892. The standard InChI is InChI=1S/C16H22N6O2/c1-9(16-18-15(21-24-16)10-4-5-10)22-6-2-3-11(8-22)12-7-13(14(17)23)20-19-12/h7,9-11H,2-6,8H2,1H3,(H2,17,23)(H,19,20)/t9-,11-/m0/s1. The van der Waals surface area contributed by atoms with Gasteiger partial charge in [0, 0.05) is 24.1 Å². The molecule has 8 heteroatoms. The molecule has 0 aromatic carbocycles. The lowest BCUT2D eigenvalue weighted by atomic mass is 9.93. The summed E-state index contributed by atoms with van der Waals surface area (Å²) in [5, 5.41) is 11.1. The Labute approximate surface area is 139 Å². The van der Waals surface area contributed by atoms with Crippen molar-refractivity contribution in [1.29, 1.82) is 0 Å². The summed E-state index contributed by atoms with van der Waals surface area (Å²) < 4.78 is 5.47. The van der Waals surface area contributed by atoms with Gasteiger partial charge in [0.25, 0.3) is 5.91 Å². The van der Waals surface area contributed by atoms with Gasteiger partial charge in [-0.25, -0.2) is 0 Å². The van der Waals surface area contributed by atoms with Gasteiger partial charge in [-0.2, -0.15) is 10.1 Å². The van der Waals surface area contributed by atoms with E-state index in [1.165, 1.54) is 12.8 Å². The molecule has 3 N–H and O–H groups in total. The first-order valence-electron chi connectivity index (χ1n) is 8.54. The maximum atomic E-state index is 11.2. The number of H-pyrrole nitrogens is 1. The van der Waals surface area contributed by atoms with Gasteiger partial charge in [-0.05, 0) is 45.2 Å². The first-order valence-corrected chi connectivity index (χ1v) is 8.54. The Balaban J connectivity index is 1.45. The normalized spacial score (nSPS) is 23.3. The molecular formula is C16H22N6O2. The summed E-state index contributed by atoms with van der Waals surface area (Å²) in [5.41, 5.74) is 6.54. The zero-order valence-electron chi connectivity index (χ0n) is 13.7. The van der Waals surface area contributed by atoms with Crippen LogP contribution in [-0.4, -0.2) is 44.2 Å². The monoisotopic (exact) mass is 330 g/mol. The van der Waals surface area contributed by atoms with Gasteiger partial charge < -0.3 is 10.3 Å². The fourth-order valence-electron chi connectivity index (χ4n) is 3.36. The second kappa shape index (κ2) is 6.01. The molecule has 1 amide bonds. The Bertz CT molecular complexity index is 735. The number of hydrogen-bond acceptors (Lipinski definition) is 6. The summed E-state index contributed by atoms with van der Waals surface area (Å²) in [4.78, 5) is 18.1. The predicted octanol–water partition coefficient (Wildman–Crippen LogP) is 1.71. The third-order valence-electron chi connectivity index (χ3n) is 5.05. The van der Waals surface area contributed by atoms with Crippen molar-refractivity contribution in [3.05, 3.63) is 29.2 Å². The van der Waals surface area contributed by atoms with Crippen LogP contribution >= 0.6 is 0 Å². The van der Waals surface area contributed by atoms with Gasteiger partial charge in [0.05, 0.1) is 6.04 Å². The van der Waals surface area contributed by atoms with Crippen LogP contribution in [0.3, 0.4) is 0 Å². The van der Waals surface area contributed by atoms with Crippen molar-refractivity contribution in [1.82, 2.24) is 25.2 Å². The van der Waals surface area contributed by atoms with Crippen LogP contribution in [0.15, 0.2) is 10.6 Å². The highest BCUT2D eigenvalue weighted by atomic mass is 16.5. The molecule has 1 saturated heterocycles. The van der Waals surface area contributed by atoms with Crippen molar-refractivity contribution in [3.8, 4) is 0 Å². The summed E-state index contributed by atoms with van der Waals surface area (Å²) in [6, 6.07) is 1.85. The molecule has 1 saturated carbocycles. The minimum Gasteiger partial charge on any atom is -0.364 e. The largest absolute Gasteiger partial charge is 0.364 e. The molecule has 2 atom stereocenters. The highest BCUT2D eigenvalue weighted by Gasteiger charge is 2.32. The maximum Gasteiger partial charge on any atom is 0.269 e. The Morgan fingerprint density at radius 2 is 2.25 bits per heavy atom. The molecule has 2 fully saturated rings. The van der Waals surface area contributed by atoms with E-state index in [2.05, 4.69) is 32.2 Å². The lowest BCUT2D eigenvalue weighted by molar-refractivity contribution is 0.0995. The highest BCUT2D eigenvalue weighted by molar-refractivity contribution is 5.90. The molecule has 2 aromatic heterocycles.